The summed E-state index contributed by atoms with van der Waals surface area (Å²) in [5, 5.41) is 0. The molecule has 33 heavy (non-hydrogen) atoms. The van der Waals surface area contributed by atoms with Gasteiger partial charge in [0.2, 0.25) is 10.0 Å². The molecule has 8 nitrogen and oxygen atoms in total. The molecule has 9 heteroatoms. The minimum absolute atomic E-state index is 0.399. The molecule has 0 radical (unpaired) electrons. The Hall–Kier alpha value is -2.39. The highest BCUT2D eigenvalue weighted by molar-refractivity contribution is 7.88. The standard InChI is InChI=1S/C24H36N4O4S/c1-4-20-7-8-23(16-21(20)9-12-27-33(3,29)30)32-15-5-6-19-10-13-28(14-11-19)22-17-25-24(31-2)26-18-22/h7-8,16-19,27H,4-6,9-15H2,1-3H3. The molecule has 0 saturated carbocycles. The van der Waals surface area contributed by atoms with Crippen LogP contribution in [0.15, 0.2) is 30.6 Å². The maximum absolute atomic E-state index is 11.3. The van der Waals surface area contributed by atoms with Crippen LogP contribution in [0.3, 0.4) is 0 Å². The zero-order chi connectivity index (χ0) is 23.7. The number of hydrogen-bond donors (Lipinski definition) is 1. The van der Waals surface area contributed by atoms with E-state index in [0.717, 1.165) is 62.2 Å². The molecule has 182 valence electrons. The molecule has 0 bridgehead atoms. The van der Waals surface area contributed by atoms with Crippen molar-refractivity contribution >= 4 is 15.7 Å². The number of sulfonamides is 1. The van der Waals surface area contributed by atoms with E-state index in [-0.39, 0.29) is 0 Å². The van der Waals surface area contributed by atoms with Gasteiger partial charge in [-0.3, -0.25) is 0 Å². The summed E-state index contributed by atoms with van der Waals surface area (Å²) in [7, 11) is -1.60. The predicted octanol–water partition coefficient (Wildman–Crippen LogP) is 3.21. The first kappa shape index (κ1) is 25.2. The van der Waals surface area contributed by atoms with E-state index in [4.69, 9.17) is 9.47 Å². The van der Waals surface area contributed by atoms with E-state index in [9.17, 15) is 8.42 Å². The van der Waals surface area contributed by atoms with Crippen LogP contribution in [0.2, 0.25) is 0 Å². The van der Waals surface area contributed by atoms with Gasteiger partial charge in [-0.2, -0.15) is 0 Å². The second kappa shape index (κ2) is 12.2. The number of hydrogen-bond acceptors (Lipinski definition) is 7. The van der Waals surface area contributed by atoms with E-state index in [1.165, 1.54) is 11.8 Å². The molecule has 2 aromatic rings. The summed E-state index contributed by atoms with van der Waals surface area (Å²) < 4.78 is 36.2. The highest BCUT2D eigenvalue weighted by Crippen LogP contribution is 2.26. The fourth-order valence-electron chi connectivity index (χ4n) is 4.26. The van der Waals surface area contributed by atoms with Gasteiger partial charge in [0.1, 0.15) is 5.75 Å². The van der Waals surface area contributed by atoms with Gasteiger partial charge in [0, 0.05) is 19.6 Å². The average Bonchev–Trinajstić information content (AvgIpc) is 2.82. The van der Waals surface area contributed by atoms with Crippen LogP contribution < -0.4 is 19.1 Å². The van der Waals surface area contributed by atoms with Gasteiger partial charge in [-0.05, 0) is 67.7 Å². The maximum Gasteiger partial charge on any atom is 0.316 e. The Morgan fingerprint density at radius 1 is 1.15 bits per heavy atom. The third-order valence-corrected chi connectivity index (χ3v) is 6.85. The first-order valence-corrected chi connectivity index (χ1v) is 13.6. The molecule has 0 spiro atoms. The van der Waals surface area contributed by atoms with Gasteiger partial charge in [0.15, 0.2) is 0 Å². The van der Waals surface area contributed by atoms with Crippen molar-refractivity contribution in [3.63, 3.8) is 0 Å². The van der Waals surface area contributed by atoms with Gasteiger partial charge in [0.25, 0.3) is 0 Å². The van der Waals surface area contributed by atoms with Crippen LogP contribution >= 0.6 is 0 Å². The van der Waals surface area contributed by atoms with E-state index in [1.807, 2.05) is 18.5 Å². The van der Waals surface area contributed by atoms with Crippen molar-refractivity contribution in [2.24, 2.45) is 5.92 Å². The van der Waals surface area contributed by atoms with Crippen LogP contribution in [-0.2, 0) is 22.9 Å². The summed E-state index contributed by atoms with van der Waals surface area (Å²) in [5.74, 6) is 1.57. The first-order chi connectivity index (χ1) is 15.9. The summed E-state index contributed by atoms with van der Waals surface area (Å²) in [5.41, 5.74) is 3.42. The van der Waals surface area contributed by atoms with Gasteiger partial charge in [0.05, 0.1) is 38.1 Å². The quantitative estimate of drug-likeness (QED) is 0.470. The summed E-state index contributed by atoms with van der Waals surface area (Å²) in [6.07, 6.45) is 10.9. The van der Waals surface area contributed by atoms with Crippen molar-refractivity contribution < 1.29 is 17.9 Å². The Bertz CT molecular complexity index is 974. The van der Waals surface area contributed by atoms with Crippen molar-refractivity contribution in [3.05, 3.63) is 41.7 Å². The van der Waals surface area contributed by atoms with Gasteiger partial charge < -0.3 is 14.4 Å². The summed E-state index contributed by atoms with van der Waals surface area (Å²) in [6, 6.07) is 6.56. The first-order valence-electron chi connectivity index (χ1n) is 11.7. The molecular formula is C24H36N4O4S. The van der Waals surface area contributed by atoms with Crippen LogP contribution in [0.5, 0.6) is 11.8 Å². The SMILES string of the molecule is CCc1ccc(OCCCC2CCN(c3cnc(OC)nc3)CC2)cc1CCNS(C)(=O)=O. The normalized spacial score (nSPS) is 14.9. The van der Waals surface area contributed by atoms with Gasteiger partial charge in [-0.1, -0.05) is 13.0 Å². The summed E-state index contributed by atoms with van der Waals surface area (Å²) in [4.78, 5) is 10.7. The van der Waals surface area contributed by atoms with Gasteiger partial charge in [-0.25, -0.2) is 23.1 Å². The molecule has 1 aromatic carbocycles. The van der Waals surface area contributed by atoms with Gasteiger partial charge in [-0.15, -0.1) is 0 Å². The molecular weight excluding hydrogens is 440 g/mol. The predicted molar refractivity (Wildman–Crippen MR) is 131 cm³/mol. The molecule has 1 fully saturated rings. The number of methoxy groups -OCH3 is 1. The number of nitrogens with zero attached hydrogens (tertiary/aromatic N) is 3. The summed E-state index contributed by atoms with van der Waals surface area (Å²) in [6.45, 7) is 5.24. The average molecular weight is 477 g/mol. The number of nitrogens with one attached hydrogen (secondary N) is 1. The smallest absolute Gasteiger partial charge is 0.316 e. The van der Waals surface area contributed by atoms with Crippen LogP contribution in [-0.4, -0.2) is 58.0 Å². The Labute approximate surface area is 197 Å². The molecule has 1 aliphatic heterocycles. The zero-order valence-corrected chi connectivity index (χ0v) is 20.7. The third kappa shape index (κ3) is 8.16. The number of aromatic nitrogens is 2. The molecule has 1 N–H and O–H groups in total. The van der Waals surface area contributed by atoms with Crippen LogP contribution in [0.1, 0.15) is 43.7 Å². The lowest BCUT2D eigenvalue weighted by Gasteiger charge is -2.33. The van der Waals surface area contributed by atoms with Gasteiger partial charge >= 0.3 is 6.01 Å². The molecule has 1 saturated heterocycles. The molecule has 0 amide bonds. The van der Waals surface area contributed by atoms with E-state index >= 15 is 0 Å². The number of rotatable bonds is 12. The van der Waals surface area contributed by atoms with E-state index in [2.05, 4.69) is 38.6 Å². The van der Waals surface area contributed by atoms with Crippen molar-refractivity contribution in [2.75, 3.05) is 44.5 Å². The Balaban J connectivity index is 1.39. The largest absolute Gasteiger partial charge is 0.494 e. The van der Waals surface area contributed by atoms with Crippen molar-refractivity contribution in [1.29, 1.82) is 0 Å². The lowest BCUT2D eigenvalue weighted by Crippen LogP contribution is -2.33. The van der Waals surface area contributed by atoms with E-state index < -0.39 is 10.0 Å². The topological polar surface area (TPSA) is 93.7 Å². The second-order valence-corrected chi connectivity index (χ2v) is 10.4. The number of piperidine rings is 1. The Morgan fingerprint density at radius 2 is 1.88 bits per heavy atom. The molecule has 1 aromatic heterocycles. The van der Waals surface area contributed by atoms with E-state index in [0.29, 0.717) is 31.5 Å². The fraction of sp³-hybridized carbons (Fsp3) is 0.583. The molecule has 1 aliphatic rings. The van der Waals surface area contributed by atoms with E-state index in [1.54, 1.807) is 7.11 Å². The second-order valence-electron chi connectivity index (χ2n) is 8.55. The minimum Gasteiger partial charge on any atom is -0.494 e. The Morgan fingerprint density at radius 3 is 2.52 bits per heavy atom. The third-order valence-electron chi connectivity index (χ3n) is 6.12. The summed E-state index contributed by atoms with van der Waals surface area (Å²) >= 11 is 0. The Kier molecular flexibility index (Phi) is 9.31. The van der Waals surface area contributed by atoms with Crippen LogP contribution in [0, 0.1) is 5.92 Å². The zero-order valence-electron chi connectivity index (χ0n) is 19.9. The van der Waals surface area contributed by atoms with Crippen molar-refractivity contribution in [3.8, 4) is 11.8 Å². The van der Waals surface area contributed by atoms with Crippen molar-refractivity contribution in [1.82, 2.24) is 14.7 Å². The highest BCUT2D eigenvalue weighted by Gasteiger charge is 2.19. The molecule has 0 aliphatic carbocycles. The number of benzene rings is 1. The molecule has 2 heterocycles. The highest BCUT2D eigenvalue weighted by atomic mass is 32.2. The number of aryl methyl sites for hydroxylation is 1. The monoisotopic (exact) mass is 476 g/mol. The lowest BCUT2D eigenvalue weighted by atomic mass is 9.92. The lowest BCUT2D eigenvalue weighted by molar-refractivity contribution is 0.279. The maximum atomic E-state index is 11.3. The molecule has 0 unspecified atom stereocenters. The number of ether oxygens (including phenoxy) is 2. The molecule has 3 rings (SSSR count). The minimum atomic E-state index is -3.17. The molecule has 0 atom stereocenters. The van der Waals surface area contributed by atoms with Crippen molar-refractivity contribution in [2.45, 2.75) is 45.4 Å². The number of anilines is 1. The van der Waals surface area contributed by atoms with Crippen LogP contribution in [0.4, 0.5) is 5.69 Å². The fourth-order valence-corrected chi connectivity index (χ4v) is 4.73. The van der Waals surface area contributed by atoms with Crippen LogP contribution in [0.25, 0.3) is 0 Å².